The molecule has 1 aromatic rings. The lowest BCUT2D eigenvalue weighted by Gasteiger charge is -2.19. The van der Waals surface area contributed by atoms with Gasteiger partial charge >= 0.3 is 0 Å². The van der Waals surface area contributed by atoms with Gasteiger partial charge in [0.05, 0.1) is 5.56 Å². The fourth-order valence-electron chi connectivity index (χ4n) is 1.50. The average molecular weight is 258 g/mol. The highest BCUT2D eigenvalue weighted by Crippen LogP contribution is 2.31. The summed E-state index contributed by atoms with van der Waals surface area (Å²) in [5.41, 5.74) is 0.670. The summed E-state index contributed by atoms with van der Waals surface area (Å²) >= 11 is 0. The molecular weight excluding hydrogens is 240 g/mol. The molecule has 1 amide bonds. The lowest BCUT2D eigenvalue weighted by molar-refractivity contribution is -0.123. The summed E-state index contributed by atoms with van der Waals surface area (Å²) in [6.07, 6.45) is 1.99. The molecule has 0 aliphatic carbocycles. The number of phenols is 1. The number of anilines is 1. The van der Waals surface area contributed by atoms with Crippen LogP contribution in [0.3, 0.4) is 0 Å². The molecule has 2 N–H and O–H groups in total. The molecule has 0 aromatic heterocycles. The summed E-state index contributed by atoms with van der Waals surface area (Å²) < 4.78 is 0. The number of nitrogens with zero attached hydrogens (tertiary/aromatic N) is 1. The summed E-state index contributed by atoms with van der Waals surface area (Å²) in [4.78, 5) is 12.0. The van der Waals surface area contributed by atoms with Crippen LogP contribution in [0.1, 0.15) is 31.9 Å². The van der Waals surface area contributed by atoms with E-state index in [4.69, 9.17) is 5.26 Å². The van der Waals surface area contributed by atoms with Gasteiger partial charge < -0.3 is 10.4 Å². The predicted molar refractivity (Wildman–Crippen MR) is 74.8 cm³/mol. The van der Waals surface area contributed by atoms with E-state index in [-0.39, 0.29) is 17.2 Å². The van der Waals surface area contributed by atoms with Crippen molar-refractivity contribution in [3.8, 4) is 11.8 Å². The third-order valence-corrected chi connectivity index (χ3v) is 2.68. The van der Waals surface area contributed by atoms with Gasteiger partial charge in [-0.2, -0.15) is 5.26 Å². The maximum absolute atomic E-state index is 12.0. The number of allylic oxidation sites excluding steroid dienone is 1. The highest BCUT2D eigenvalue weighted by molar-refractivity contribution is 5.95. The Morgan fingerprint density at radius 2 is 2.16 bits per heavy atom. The molecule has 1 aromatic carbocycles. The molecule has 0 spiro atoms. The van der Waals surface area contributed by atoms with Gasteiger partial charge in [0.1, 0.15) is 11.8 Å². The van der Waals surface area contributed by atoms with Crippen LogP contribution in [0, 0.1) is 16.7 Å². The van der Waals surface area contributed by atoms with Gasteiger partial charge in [0.25, 0.3) is 0 Å². The minimum absolute atomic E-state index is 0.103. The van der Waals surface area contributed by atoms with E-state index < -0.39 is 5.41 Å². The molecule has 0 unspecified atom stereocenters. The zero-order valence-electron chi connectivity index (χ0n) is 11.4. The van der Waals surface area contributed by atoms with E-state index >= 15 is 0 Å². The zero-order chi connectivity index (χ0) is 14.6. The van der Waals surface area contributed by atoms with E-state index in [0.29, 0.717) is 17.7 Å². The Bertz CT molecular complexity index is 548. The van der Waals surface area contributed by atoms with Crippen LogP contribution in [0.5, 0.6) is 5.75 Å². The highest BCUT2D eigenvalue weighted by Gasteiger charge is 2.23. The van der Waals surface area contributed by atoms with Crippen molar-refractivity contribution in [2.24, 2.45) is 5.41 Å². The summed E-state index contributed by atoms with van der Waals surface area (Å²) in [5, 5.41) is 21.7. The summed E-state index contributed by atoms with van der Waals surface area (Å²) in [7, 11) is 0. The van der Waals surface area contributed by atoms with Gasteiger partial charge in [0, 0.05) is 16.7 Å². The third-order valence-electron chi connectivity index (χ3n) is 2.68. The number of nitrogens with one attached hydrogen (secondary N) is 1. The second-order valence-electron chi connectivity index (χ2n) is 5.30. The van der Waals surface area contributed by atoms with Crippen LogP contribution in [0.2, 0.25) is 0 Å². The van der Waals surface area contributed by atoms with Crippen LogP contribution >= 0.6 is 0 Å². The van der Waals surface area contributed by atoms with Gasteiger partial charge in [-0.3, -0.25) is 4.79 Å². The van der Waals surface area contributed by atoms with E-state index in [1.807, 2.05) is 6.07 Å². The number of hydrogen-bond donors (Lipinski definition) is 2. The van der Waals surface area contributed by atoms with Crippen LogP contribution in [-0.4, -0.2) is 11.0 Å². The van der Waals surface area contributed by atoms with Gasteiger partial charge in [-0.1, -0.05) is 26.8 Å². The molecular formula is C15H18N2O2. The molecule has 0 heterocycles. The maximum atomic E-state index is 12.0. The first kappa shape index (κ1) is 14.8. The van der Waals surface area contributed by atoms with E-state index in [0.717, 1.165) is 0 Å². The van der Waals surface area contributed by atoms with Crippen LogP contribution in [0.4, 0.5) is 5.69 Å². The Hall–Kier alpha value is -2.28. The van der Waals surface area contributed by atoms with Crippen molar-refractivity contribution in [1.82, 2.24) is 0 Å². The number of carbonyl (C=O) groups excluding carboxylic acids is 1. The SMILES string of the molecule is C=CCc1c(NC(=O)C(C)(C)C)ccc(C#N)c1O. The molecule has 0 aliphatic heterocycles. The van der Waals surface area contributed by atoms with Crippen molar-refractivity contribution in [2.75, 3.05) is 5.32 Å². The Morgan fingerprint density at radius 1 is 1.53 bits per heavy atom. The molecule has 100 valence electrons. The first-order valence-electron chi connectivity index (χ1n) is 5.98. The standard InChI is InChI=1S/C15H18N2O2/c1-5-6-11-12(17-14(19)15(2,3)4)8-7-10(9-16)13(11)18/h5,7-8,18H,1,6H2,2-4H3,(H,17,19). The maximum Gasteiger partial charge on any atom is 0.229 e. The van der Waals surface area contributed by atoms with Crippen molar-refractivity contribution in [3.05, 3.63) is 35.9 Å². The van der Waals surface area contributed by atoms with E-state index in [1.54, 1.807) is 32.9 Å². The number of benzene rings is 1. The molecule has 4 nitrogen and oxygen atoms in total. The molecule has 4 heteroatoms. The number of phenolic OH excluding ortho intramolecular Hbond substituents is 1. The lowest BCUT2D eigenvalue weighted by atomic mass is 9.95. The van der Waals surface area contributed by atoms with E-state index in [9.17, 15) is 9.90 Å². The van der Waals surface area contributed by atoms with E-state index in [2.05, 4.69) is 11.9 Å². The molecule has 1 rings (SSSR count). The number of carbonyl (C=O) groups is 1. The molecule has 0 aliphatic rings. The fourth-order valence-corrected chi connectivity index (χ4v) is 1.50. The zero-order valence-corrected chi connectivity index (χ0v) is 11.4. The van der Waals surface area contributed by atoms with E-state index in [1.165, 1.54) is 6.07 Å². The van der Waals surface area contributed by atoms with Crippen molar-refractivity contribution >= 4 is 11.6 Å². The summed E-state index contributed by atoms with van der Waals surface area (Å²) in [6.45, 7) is 9.03. The number of rotatable bonds is 3. The Balaban J connectivity index is 3.22. The average Bonchev–Trinajstić information content (AvgIpc) is 2.32. The lowest BCUT2D eigenvalue weighted by Crippen LogP contribution is -2.28. The topological polar surface area (TPSA) is 73.1 Å². The highest BCUT2D eigenvalue weighted by atomic mass is 16.3. The molecule has 0 radical (unpaired) electrons. The van der Waals surface area contributed by atoms with Gasteiger partial charge in [-0.15, -0.1) is 6.58 Å². The smallest absolute Gasteiger partial charge is 0.229 e. The van der Waals surface area contributed by atoms with Crippen molar-refractivity contribution in [3.63, 3.8) is 0 Å². The Kier molecular flexibility index (Phi) is 4.34. The monoisotopic (exact) mass is 258 g/mol. The summed E-state index contributed by atoms with van der Waals surface area (Å²) in [6, 6.07) is 5.02. The van der Waals surface area contributed by atoms with Crippen LogP contribution in [0.15, 0.2) is 24.8 Å². The van der Waals surface area contributed by atoms with Crippen molar-refractivity contribution < 1.29 is 9.90 Å². The van der Waals surface area contributed by atoms with Crippen LogP contribution in [-0.2, 0) is 11.2 Å². The molecule has 0 bridgehead atoms. The second-order valence-corrected chi connectivity index (χ2v) is 5.30. The number of aromatic hydroxyl groups is 1. The van der Waals surface area contributed by atoms with Crippen LogP contribution in [0.25, 0.3) is 0 Å². The first-order chi connectivity index (χ1) is 8.81. The van der Waals surface area contributed by atoms with Crippen molar-refractivity contribution in [2.45, 2.75) is 27.2 Å². The van der Waals surface area contributed by atoms with Gasteiger partial charge in [0.15, 0.2) is 0 Å². The molecule has 19 heavy (non-hydrogen) atoms. The normalized spacial score (nSPS) is 10.6. The molecule has 0 atom stereocenters. The van der Waals surface area contributed by atoms with Gasteiger partial charge in [-0.05, 0) is 18.6 Å². The molecule has 0 saturated carbocycles. The summed E-state index contributed by atoms with van der Waals surface area (Å²) in [5.74, 6) is -0.254. The second kappa shape index (κ2) is 5.57. The first-order valence-corrected chi connectivity index (χ1v) is 5.98. The fraction of sp³-hybridized carbons (Fsp3) is 0.333. The van der Waals surface area contributed by atoms with Crippen molar-refractivity contribution in [1.29, 1.82) is 5.26 Å². The Labute approximate surface area is 113 Å². The van der Waals surface area contributed by atoms with Gasteiger partial charge in [-0.25, -0.2) is 0 Å². The minimum Gasteiger partial charge on any atom is -0.506 e. The quantitative estimate of drug-likeness (QED) is 0.818. The number of amides is 1. The molecule has 0 saturated heterocycles. The Morgan fingerprint density at radius 3 is 2.63 bits per heavy atom. The van der Waals surface area contributed by atoms with Gasteiger partial charge in [0.2, 0.25) is 5.91 Å². The number of hydrogen-bond acceptors (Lipinski definition) is 3. The van der Waals surface area contributed by atoms with Crippen LogP contribution < -0.4 is 5.32 Å². The predicted octanol–water partition coefficient (Wildman–Crippen LogP) is 2.98. The largest absolute Gasteiger partial charge is 0.506 e. The molecule has 0 fully saturated rings. The minimum atomic E-state index is -0.533. The third kappa shape index (κ3) is 3.35. The number of nitriles is 1.